The predicted octanol–water partition coefficient (Wildman–Crippen LogP) is 3.84. The van der Waals surface area contributed by atoms with E-state index in [0.29, 0.717) is 5.69 Å². The van der Waals surface area contributed by atoms with Gasteiger partial charge in [0.2, 0.25) is 5.78 Å². The van der Waals surface area contributed by atoms with Crippen molar-refractivity contribution in [1.29, 1.82) is 0 Å². The van der Waals surface area contributed by atoms with Crippen LogP contribution in [0.5, 0.6) is 0 Å². The van der Waals surface area contributed by atoms with Crippen LogP contribution >= 0.6 is 27.3 Å². The van der Waals surface area contributed by atoms with Crippen LogP contribution in [-0.4, -0.2) is 15.6 Å². The number of nitrogens with zero attached hydrogens (tertiary/aromatic N) is 2. The summed E-state index contributed by atoms with van der Waals surface area (Å²) in [6.45, 7) is 2.86. The van der Waals surface area contributed by atoms with Crippen LogP contribution < -0.4 is 0 Å². The maximum atomic E-state index is 12.6. The molecule has 19 heavy (non-hydrogen) atoms. The number of fused-ring (bicyclic) bond motifs is 1. The molecule has 0 radical (unpaired) electrons. The van der Waals surface area contributed by atoms with Gasteiger partial charge in [-0.15, -0.1) is 11.3 Å². The first-order valence-corrected chi connectivity index (χ1v) is 8.19. The predicted molar refractivity (Wildman–Crippen MR) is 80.0 cm³/mol. The van der Waals surface area contributed by atoms with Gasteiger partial charge in [0.25, 0.3) is 0 Å². The molecule has 0 fully saturated rings. The maximum Gasteiger partial charge on any atom is 0.222 e. The van der Waals surface area contributed by atoms with Gasteiger partial charge < -0.3 is 0 Å². The summed E-state index contributed by atoms with van der Waals surface area (Å²) in [4.78, 5) is 14.9. The quantitative estimate of drug-likeness (QED) is 0.794. The Labute approximate surface area is 124 Å². The minimum atomic E-state index is 0.0947. The molecule has 2 aromatic heterocycles. The number of ketones is 1. The zero-order valence-electron chi connectivity index (χ0n) is 10.8. The topological polar surface area (TPSA) is 34.9 Å². The largest absolute Gasteiger partial charge is 0.286 e. The minimum Gasteiger partial charge on any atom is -0.286 e. The molecule has 0 spiro atoms. The molecule has 0 N–H and O–H groups in total. The van der Waals surface area contributed by atoms with Crippen LogP contribution in [0.2, 0.25) is 0 Å². The summed E-state index contributed by atoms with van der Waals surface area (Å²) in [5.74, 6) is 0.0947. The second-order valence-electron chi connectivity index (χ2n) is 4.81. The number of aromatic nitrogens is 2. The molecule has 0 saturated heterocycles. The Morgan fingerprint density at radius 1 is 1.53 bits per heavy atom. The zero-order chi connectivity index (χ0) is 13.4. The molecule has 0 atom stereocenters. The number of hydrogen-bond donors (Lipinski definition) is 0. The maximum absolute atomic E-state index is 12.6. The molecule has 0 saturated carbocycles. The number of carbonyl (C=O) groups excluding carboxylic acids is 1. The fraction of sp³-hybridized carbons (Fsp3) is 0.429. The van der Waals surface area contributed by atoms with Gasteiger partial charge in [-0.2, -0.15) is 5.10 Å². The van der Waals surface area contributed by atoms with Crippen molar-refractivity contribution in [1.82, 2.24) is 9.78 Å². The highest BCUT2D eigenvalue weighted by molar-refractivity contribution is 9.10. The SMILES string of the molecule is CCCn1ncc(Br)c1C(=O)c1cc2c(s1)CCC2. The number of halogens is 1. The smallest absolute Gasteiger partial charge is 0.222 e. The molecule has 1 aliphatic rings. The number of thiophene rings is 1. The van der Waals surface area contributed by atoms with E-state index in [2.05, 4.69) is 34.0 Å². The summed E-state index contributed by atoms with van der Waals surface area (Å²) in [7, 11) is 0. The Morgan fingerprint density at radius 2 is 2.37 bits per heavy atom. The van der Waals surface area contributed by atoms with Crippen molar-refractivity contribution >= 4 is 33.0 Å². The Balaban J connectivity index is 1.96. The van der Waals surface area contributed by atoms with Crippen molar-refractivity contribution in [2.75, 3.05) is 0 Å². The van der Waals surface area contributed by atoms with E-state index in [4.69, 9.17) is 0 Å². The standard InChI is InChI=1S/C14H15BrN2OS/c1-2-6-17-13(10(15)8-16-17)14(18)12-7-9-4-3-5-11(9)19-12/h7-8H,2-6H2,1H3. The first kappa shape index (κ1) is 13.1. The molecule has 2 aromatic rings. The Bertz CT molecular complexity index is 608. The highest BCUT2D eigenvalue weighted by Gasteiger charge is 2.23. The Morgan fingerprint density at radius 3 is 3.11 bits per heavy atom. The van der Waals surface area contributed by atoms with E-state index < -0.39 is 0 Å². The third-order valence-electron chi connectivity index (χ3n) is 3.42. The summed E-state index contributed by atoms with van der Waals surface area (Å²) in [6.07, 6.45) is 6.16. The molecule has 0 aromatic carbocycles. The minimum absolute atomic E-state index is 0.0947. The number of hydrogen-bond acceptors (Lipinski definition) is 3. The van der Waals surface area contributed by atoms with Gasteiger partial charge in [-0.1, -0.05) is 6.92 Å². The average molecular weight is 339 g/mol. The van der Waals surface area contributed by atoms with Crippen molar-refractivity contribution in [3.05, 3.63) is 37.7 Å². The van der Waals surface area contributed by atoms with Gasteiger partial charge in [0.15, 0.2) is 0 Å². The van der Waals surface area contributed by atoms with Crippen molar-refractivity contribution in [3.8, 4) is 0 Å². The van der Waals surface area contributed by atoms with Gasteiger partial charge >= 0.3 is 0 Å². The van der Waals surface area contributed by atoms with Crippen LogP contribution in [0.15, 0.2) is 16.7 Å². The third kappa shape index (κ3) is 2.30. The highest BCUT2D eigenvalue weighted by Crippen LogP contribution is 2.32. The lowest BCUT2D eigenvalue weighted by Crippen LogP contribution is -2.11. The molecule has 0 aliphatic heterocycles. The number of aryl methyl sites for hydroxylation is 3. The Kier molecular flexibility index (Phi) is 3.58. The van der Waals surface area contributed by atoms with Gasteiger partial charge in [-0.05, 0) is 53.2 Å². The molecular weight excluding hydrogens is 324 g/mol. The van der Waals surface area contributed by atoms with Gasteiger partial charge in [-0.3, -0.25) is 9.48 Å². The van der Waals surface area contributed by atoms with Crippen LogP contribution in [-0.2, 0) is 19.4 Å². The van der Waals surface area contributed by atoms with Crippen LogP contribution in [0, 0.1) is 0 Å². The first-order chi connectivity index (χ1) is 9.20. The van der Waals surface area contributed by atoms with Crippen LogP contribution in [0.3, 0.4) is 0 Å². The van der Waals surface area contributed by atoms with Crippen LogP contribution in [0.1, 0.15) is 45.6 Å². The lowest BCUT2D eigenvalue weighted by atomic mass is 10.2. The van der Waals surface area contributed by atoms with E-state index in [9.17, 15) is 4.79 Å². The highest BCUT2D eigenvalue weighted by atomic mass is 79.9. The van der Waals surface area contributed by atoms with Crippen molar-refractivity contribution in [2.45, 2.75) is 39.2 Å². The molecule has 2 heterocycles. The van der Waals surface area contributed by atoms with Gasteiger partial charge in [0, 0.05) is 11.4 Å². The second kappa shape index (κ2) is 5.21. The number of rotatable bonds is 4. The molecule has 0 bridgehead atoms. The summed E-state index contributed by atoms with van der Waals surface area (Å²) >= 11 is 5.09. The third-order valence-corrected chi connectivity index (χ3v) is 5.23. The van der Waals surface area contributed by atoms with E-state index in [1.54, 1.807) is 22.2 Å². The molecule has 3 rings (SSSR count). The van der Waals surface area contributed by atoms with E-state index in [1.807, 2.05) is 0 Å². The lowest BCUT2D eigenvalue weighted by molar-refractivity contribution is 0.103. The zero-order valence-corrected chi connectivity index (χ0v) is 13.2. The Hall–Kier alpha value is -0.940. The van der Waals surface area contributed by atoms with E-state index in [1.165, 1.54) is 16.9 Å². The van der Waals surface area contributed by atoms with E-state index in [0.717, 1.165) is 35.2 Å². The molecule has 1 aliphatic carbocycles. The van der Waals surface area contributed by atoms with Crippen molar-refractivity contribution < 1.29 is 4.79 Å². The van der Waals surface area contributed by atoms with Crippen molar-refractivity contribution in [3.63, 3.8) is 0 Å². The van der Waals surface area contributed by atoms with Crippen molar-refractivity contribution in [2.24, 2.45) is 0 Å². The summed E-state index contributed by atoms with van der Waals surface area (Å²) < 4.78 is 2.59. The molecule has 0 unspecified atom stereocenters. The molecular formula is C14H15BrN2OS. The monoisotopic (exact) mass is 338 g/mol. The van der Waals surface area contributed by atoms with Gasteiger partial charge in [0.05, 0.1) is 15.5 Å². The van der Waals surface area contributed by atoms with Gasteiger partial charge in [-0.25, -0.2) is 0 Å². The summed E-state index contributed by atoms with van der Waals surface area (Å²) in [5.41, 5.74) is 2.05. The van der Waals surface area contributed by atoms with Gasteiger partial charge in [0.1, 0.15) is 5.69 Å². The summed E-state index contributed by atoms with van der Waals surface area (Å²) in [6, 6.07) is 2.07. The molecule has 0 amide bonds. The lowest BCUT2D eigenvalue weighted by Gasteiger charge is -2.04. The van der Waals surface area contributed by atoms with Crippen LogP contribution in [0.4, 0.5) is 0 Å². The van der Waals surface area contributed by atoms with Crippen LogP contribution in [0.25, 0.3) is 0 Å². The normalized spacial score (nSPS) is 13.8. The molecule has 3 nitrogen and oxygen atoms in total. The summed E-state index contributed by atoms with van der Waals surface area (Å²) in [5, 5.41) is 4.27. The molecule has 100 valence electrons. The first-order valence-electron chi connectivity index (χ1n) is 6.58. The van der Waals surface area contributed by atoms with E-state index in [-0.39, 0.29) is 5.78 Å². The number of carbonyl (C=O) groups is 1. The second-order valence-corrected chi connectivity index (χ2v) is 6.80. The molecule has 5 heteroatoms. The average Bonchev–Trinajstić information content (AvgIpc) is 3.03. The fourth-order valence-electron chi connectivity index (χ4n) is 2.53. The van der Waals surface area contributed by atoms with E-state index >= 15 is 0 Å². The fourth-order valence-corrected chi connectivity index (χ4v) is 4.20.